The molecule has 2 rings (SSSR count). The van der Waals surface area contributed by atoms with Gasteiger partial charge in [-0.25, -0.2) is 4.98 Å². The molecule has 0 atom stereocenters. The quantitative estimate of drug-likeness (QED) is 0.885. The summed E-state index contributed by atoms with van der Waals surface area (Å²) < 4.78 is 10.8. The molecule has 0 aliphatic heterocycles. The number of hydrogen-bond acceptors (Lipinski definition) is 5. The molecule has 0 spiro atoms. The van der Waals surface area contributed by atoms with Crippen LogP contribution in [0.4, 0.5) is 0 Å². The second kappa shape index (κ2) is 5.65. The summed E-state index contributed by atoms with van der Waals surface area (Å²) in [5.41, 5.74) is 0. The molecule has 0 aliphatic rings. The first kappa shape index (κ1) is 11.9. The van der Waals surface area contributed by atoms with Gasteiger partial charge in [0, 0.05) is 6.20 Å². The number of aromatic nitrogens is 1. The maximum atomic E-state index is 8.93. The van der Waals surface area contributed by atoms with E-state index < -0.39 is 0 Å². The highest BCUT2D eigenvalue weighted by molar-refractivity contribution is 7.11. The molecule has 0 unspecified atom stereocenters. The van der Waals surface area contributed by atoms with Gasteiger partial charge in [-0.15, -0.1) is 11.3 Å². The Labute approximate surface area is 103 Å². The lowest BCUT2D eigenvalue weighted by molar-refractivity contribution is 0.284. The van der Waals surface area contributed by atoms with Crippen LogP contribution in [-0.4, -0.2) is 17.2 Å². The van der Waals surface area contributed by atoms with E-state index in [4.69, 9.17) is 14.6 Å². The predicted octanol–water partition coefficient (Wildman–Crippen LogP) is 2.22. The predicted molar refractivity (Wildman–Crippen MR) is 65.4 cm³/mol. The number of benzene rings is 1. The zero-order valence-corrected chi connectivity index (χ0v) is 10.2. The van der Waals surface area contributed by atoms with E-state index in [1.165, 1.54) is 11.3 Å². The summed E-state index contributed by atoms with van der Waals surface area (Å²) in [6.07, 6.45) is 1.66. The number of hydrogen-bond donors (Lipinski definition) is 1. The molecule has 4 nitrogen and oxygen atoms in total. The molecule has 2 aromatic rings. The maximum Gasteiger partial charge on any atom is 0.161 e. The minimum Gasteiger partial charge on any atom is -0.493 e. The molecule has 17 heavy (non-hydrogen) atoms. The SMILES string of the molecule is COc1ccccc1OCc1ncc(CO)s1. The number of methoxy groups -OCH3 is 1. The van der Waals surface area contributed by atoms with Gasteiger partial charge in [-0.05, 0) is 12.1 Å². The van der Waals surface area contributed by atoms with Gasteiger partial charge in [-0.1, -0.05) is 12.1 Å². The highest BCUT2D eigenvalue weighted by Crippen LogP contribution is 2.27. The number of nitrogens with zero attached hydrogens (tertiary/aromatic N) is 1. The fourth-order valence-corrected chi connectivity index (χ4v) is 2.06. The Kier molecular flexibility index (Phi) is 3.95. The molecule has 1 heterocycles. The summed E-state index contributed by atoms with van der Waals surface area (Å²) in [5, 5.41) is 9.76. The topological polar surface area (TPSA) is 51.6 Å². The minimum atomic E-state index is 0.0202. The van der Waals surface area contributed by atoms with Crippen molar-refractivity contribution in [1.29, 1.82) is 0 Å². The zero-order valence-electron chi connectivity index (χ0n) is 9.42. The second-order valence-corrected chi connectivity index (χ2v) is 4.52. The third-order valence-electron chi connectivity index (χ3n) is 2.18. The Morgan fingerprint density at radius 2 is 2.06 bits per heavy atom. The van der Waals surface area contributed by atoms with E-state index in [9.17, 15) is 0 Å². The van der Waals surface area contributed by atoms with Crippen molar-refractivity contribution in [2.24, 2.45) is 0 Å². The molecule has 0 saturated carbocycles. The number of ether oxygens (including phenoxy) is 2. The number of thiazole rings is 1. The van der Waals surface area contributed by atoms with Crippen LogP contribution in [0.25, 0.3) is 0 Å². The Bertz CT molecular complexity index is 484. The molecule has 1 aromatic carbocycles. The molecule has 0 saturated heterocycles. The molecule has 1 aromatic heterocycles. The molecule has 0 aliphatic carbocycles. The smallest absolute Gasteiger partial charge is 0.161 e. The number of aliphatic hydroxyl groups excluding tert-OH is 1. The highest BCUT2D eigenvalue weighted by Gasteiger charge is 2.05. The fourth-order valence-electron chi connectivity index (χ4n) is 1.37. The molecular weight excluding hydrogens is 238 g/mol. The number of rotatable bonds is 5. The minimum absolute atomic E-state index is 0.0202. The van der Waals surface area contributed by atoms with Gasteiger partial charge in [0.25, 0.3) is 0 Å². The number of aliphatic hydroxyl groups is 1. The maximum absolute atomic E-state index is 8.93. The van der Waals surface area contributed by atoms with Crippen LogP contribution in [0, 0.1) is 0 Å². The van der Waals surface area contributed by atoms with Gasteiger partial charge >= 0.3 is 0 Å². The van der Waals surface area contributed by atoms with Gasteiger partial charge in [0.2, 0.25) is 0 Å². The summed E-state index contributed by atoms with van der Waals surface area (Å²) in [5.74, 6) is 1.39. The van der Waals surface area contributed by atoms with E-state index in [2.05, 4.69) is 4.98 Å². The molecule has 5 heteroatoms. The summed E-state index contributed by atoms with van der Waals surface area (Å²) >= 11 is 1.44. The average Bonchev–Trinajstić information content (AvgIpc) is 2.84. The van der Waals surface area contributed by atoms with Crippen LogP contribution in [0.2, 0.25) is 0 Å². The summed E-state index contributed by atoms with van der Waals surface area (Å²) in [6.45, 7) is 0.400. The lowest BCUT2D eigenvalue weighted by Gasteiger charge is -2.08. The monoisotopic (exact) mass is 251 g/mol. The Hall–Kier alpha value is -1.59. The van der Waals surface area contributed by atoms with Crippen molar-refractivity contribution in [3.05, 3.63) is 40.3 Å². The van der Waals surface area contributed by atoms with Crippen LogP contribution in [0.15, 0.2) is 30.5 Å². The third kappa shape index (κ3) is 2.95. The molecule has 0 amide bonds. The summed E-state index contributed by atoms with van der Waals surface area (Å²) in [6, 6.07) is 7.47. The van der Waals surface area contributed by atoms with Gasteiger partial charge < -0.3 is 14.6 Å². The van der Waals surface area contributed by atoms with Crippen molar-refractivity contribution < 1.29 is 14.6 Å². The molecular formula is C12H13NO3S. The van der Waals surface area contributed by atoms with Crippen molar-refractivity contribution >= 4 is 11.3 Å². The first-order valence-corrected chi connectivity index (χ1v) is 5.95. The van der Waals surface area contributed by atoms with E-state index in [1.807, 2.05) is 24.3 Å². The van der Waals surface area contributed by atoms with Gasteiger partial charge in [-0.3, -0.25) is 0 Å². The summed E-state index contributed by atoms with van der Waals surface area (Å²) in [7, 11) is 1.61. The largest absolute Gasteiger partial charge is 0.493 e. The first-order chi connectivity index (χ1) is 8.33. The second-order valence-electron chi connectivity index (χ2n) is 3.32. The van der Waals surface area contributed by atoms with Gasteiger partial charge in [0.05, 0.1) is 18.6 Å². The fraction of sp³-hybridized carbons (Fsp3) is 0.250. The Morgan fingerprint density at radius 1 is 1.29 bits per heavy atom. The van der Waals surface area contributed by atoms with E-state index in [0.29, 0.717) is 18.1 Å². The first-order valence-electron chi connectivity index (χ1n) is 5.13. The van der Waals surface area contributed by atoms with Crippen LogP contribution in [0.3, 0.4) is 0 Å². The van der Waals surface area contributed by atoms with Crippen LogP contribution in [0.5, 0.6) is 11.5 Å². The summed E-state index contributed by atoms with van der Waals surface area (Å²) in [4.78, 5) is 4.99. The normalized spacial score (nSPS) is 10.2. The standard InChI is InChI=1S/C12H13NO3S/c1-15-10-4-2-3-5-11(10)16-8-12-13-6-9(7-14)17-12/h2-6,14H,7-8H2,1H3. The van der Waals surface area contributed by atoms with Crippen LogP contribution < -0.4 is 9.47 Å². The van der Waals surface area contributed by atoms with E-state index >= 15 is 0 Å². The van der Waals surface area contributed by atoms with Crippen molar-refractivity contribution in [3.8, 4) is 11.5 Å². The molecule has 0 fully saturated rings. The van der Waals surface area contributed by atoms with Crippen molar-refractivity contribution in [3.63, 3.8) is 0 Å². The highest BCUT2D eigenvalue weighted by atomic mass is 32.1. The lowest BCUT2D eigenvalue weighted by Crippen LogP contribution is -1.96. The van der Waals surface area contributed by atoms with Gasteiger partial charge in [-0.2, -0.15) is 0 Å². The van der Waals surface area contributed by atoms with Crippen LogP contribution >= 0.6 is 11.3 Å². The van der Waals surface area contributed by atoms with Gasteiger partial charge in [0.1, 0.15) is 11.6 Å². The average molecular weight is 251 g/mol. The van der Waals surface area contributed by atoms with Crippen molar-refractivity contribution in [2.75, 3.05) is 7.11 Å². The molecule has 1 N–H and O–H groups in total. The van der Waals surface area contributed by atoms with E-state index in [1.54, 1.807) is 13.3 Å². The van der Waals surface area contributed by atoms with Gasteiger partial charge in [0.15, 0.2) is 11.5 Å². The molecule has 0 radical (unpaired) electrons. The third-order valence-corrected chi connectivity index (χ3v) is 3.13. The van der Waals surface area contributed by atoms with Crippen molar-refractivity contribution in [2.45, 2.75) is 13.2 Å². The zero-order chi connectivity index (χ0) is 12.1. The van der Waals surface area contributed by atoms with Crippen LogP contribution in [0.1, 0.15) is 9.88 Å². The Morgan fingerprint density at radius 3 is 2.71 bits per heavy atom. The lowest BCUT2D eigenvalue weighted by atomic mass is 10.3. The molecule has 0 bridgehead atoms. The molecule has 90 valence electrons. The van der Waals surface area contributed by atoms with Crippen molar-refractivity contribution in [1.82, 2.24) is 4.98 Å². The Balaban J connectivity index is 2.01. The number of para-hydroxylation sites is 2. The van der Waals surface area contributed by atoms with E-state index in [0.717, 1.165) is 9.88 Å². The van der Waals surface area contributed by atoms with Crippen LogP contribution in [-0.2, 0) is 13.2 Å². The van der Waals surface area contributed by atoms with E-state index in [-0.39, 0.29) is 6.61 Å².